The van der Waals surface area contributed by atoms with Gasteiger partial charge in [0.15, 0.2) is 0 Å². The van der Waals surface area contributed by atoms with E-state index >= 15 is 0 Å². The quantitative estimate of drug-likeness (QED) is 0.821. The van der Waals surface area contributed by atoms with Crippen LogP contribution in [-0.4, -0.2) is 52.0 Å². The van der Waals surface area contributed by atoms with Crippen LogP contribution in [0.3, 0.4) is 0 Å². The minimum Gasteiger partial charge on any atom is -0.465 e. The van der Waals surface area contributed by atoms with Crippen molar-refractivity contribution in [2.24, 2.45) is 0 Å². The second-order valence-electron chi connectivity index (χ2n) is 5.04. The van der Waals surface area contributed by atoms with Gasteiger partial charge in [-0.3, -0.25) is 0 Å². The van der Waals surface area contributed by atoms with Crippen molar-refractivity contribution in [1.82, 2.24) is 9.62 Å². The van der Waals surface area contributed by atoms with Gasteiger partial charge < -0.3 is 10.1 Å². The summed E-state index contributed by atoms with van der Waals surface area (Å²) in [5, 5.41) is 4.71. The summed E-state index contributed by atoms with van der Waals surface area (Å²) in [7, 11) is -0.618. The first-order chi connectivity index (χ1) is 9.93. The highest BCUT2D eigenvalue weighted by Gasteiger charge is 2.38. The van der Waals surface area contributed by atoms with E-state index in [9.17, 15) is 13.2 Å². The third-order valence-corrected chi connectivity index (χ3v) is 6.97. The number of carbonyl (C=O) groups is 1. The molecule has 0 bridgehead atoms. The zero-order valence-electron chi connectivity index (χ0n) is 12.4. The van der Waals surface area contributed by atoms with Crippen molar-refractivity contribution >= 4 is 27.3 Å². The number of nitrogens with zero attached hydrogens (tertiary/aromatic N) is 1. The molecular formula is C13H20N2O4S2. The molecule has 0 radical (unpaired) electrons. The Balaban J connectivity index is 2.45. The van der Waals surface area contributed by atoms with E-state index in [0.717, 1.165) is 24.2 Å². The van der Waals surface area contributed by atoms with Crippen molar-refractivity contribution in [2.45, 2.75) is 30.7 Å². The Morgan fingerprint density at radius 1 is 1.57 bits per heavy atom. The van der Waals surface area contributed by atoms with Gasteiger partial charge >= 0.3 is 5.97 Å². The van der Waals surface area contributed by atoms with Gasteiger partial charge in [-0.05, 0) is 37.8 Å². The van der Waals surface area contributed by atoms with Crippen LogP contribution in [0.5, 0.6) is 0 Å². The summed E-state index contributed by atoms with van der Waals surface area (Å²) in [4.78, 5) is 12.1. The number of likely N-dealkylation sites (N-methyl/N-ethyl adjacent to an activating group) is 1. The van der Waals surface area contributed by atoms with Crippen molar-refractivity contribution in [3.8, 4) is 0 Å². The number of rotatable bonds is 5. The third kappa shape index (κ3) is 2.98. The number of nitrogens with one attached hydrogen (secondary N) is 1. The van der Waals surface area contributed by atoms with E-state index < -0.39 is 16.0 Å². The number of esters is 1. The molecule has 6 nitrogen and oxygen atoms in total. The summed E-state index contributed by atoms with van der Waals surface area (Å²) in [6, 6.07) is -0.0650. The lowest BCUT2D eigenvalue weighted by molar-refractivity contribution is 0.0602. The lowest BCUT2D eigenvalue weighted by Crippen LogP contribution is -2.41. The summed E-state index contributed by atoms with van der Waals surface area (Å²) in [6.45, 7) is 2.81. The first kappa shape index (κ1) is 16.4. The average Bonchev–Trinajstić information content (AvgIpc) is 3.05. The molecule has 1 atom stereocenters. The Morgan fingerprint density at radius 2 is 2.29 bits per heavy atom. The van der Waals surface area contributed by atoms with E-state index in [1.54, 1.807) is 19.4 Å². The molecule has 2 rings (SSSR count). The van der Waals surface area contributed by atoms with Gasteiger partial charge in [0.2, 0.25) is 10.0 Å². The molecule has 1 unspecified atom stereocenters. The zero-order valence-corrected chi connectivity index (χ0v) is 14.0. The molecule has 0 amide bonds. The molecule has 1 aromatic rings. The minimum atomic E-state index is -3.68. The van der Waals surface area contributed by atoms with Gasteiger partial charge in [-0.25, -0.2) is 13.2 Å². The second kappa shape index (κ2) is 6.43. The van der Waals surface area contributed by atoms with E-state index in [2.05, 4.69) is 5.32 Å². The standard InChI is InChI=1S/C13H20N2O4S2/c1-9-8-20-11(13(16)19-3)12(9)21(17,18)15-6-4-5-10(15)7-14-2/h8,10,14H,4-7H2,1-3H3. The fraction of sp³-hybridized carbons (Fsp3) is 0.615. The molecule has 0 aliphatic carbocycles. The van der Waals surface area contributed by atoms with Crippen molar-refractivity contribution in [2.75, 3.05) is 27.2 Å². The SMILES string of the molecule is CNCC1CCCN1S(=O)(=O)c1c(C)csc1C(=O)OC. The van der Waals surface area contributed by atoms with Gasteiger partial charge in [-0.1, -0.05) is 0 Å². The van der Waals surface area contributed by atoms with Crippen molar-refractivity contribution in [1.29, 1.82) is 0 Å². The van der Waals surface area contributed by atoms with Crippen LogP contribution in [0, 0.1) is 6.92 Å². The fourth-order valence-corrected chi connectivity index (χ4v) is 6.02. The highest BCUT2D eigenvalue weighted by Crippen LogP contribution is 2.33. The van der Waals surface area contributed by atoms with E-state index in [0.29, 0.717) is 18.7 Å². The summed E-state index contributed by atoms with van der Waals surface area (Å²) < 4.78 is 32.1. The number of thiophene rings is 1. The Bertz CT molecular complexity index is 624. The molecule has 1 aromatic heterocycles. The van der Waals surface area contributed by atoms with Gasteiger partial charge in [0.05, 0.1) is 7.11 Å². The molecule has 1 aliphatic heterocycles. The maximum Gasteiger partial charge on any atom is 0.349 e. The average molecular weight is 332 g/mol. The number of aryl methyl sites for hydroxylation is 1. The maximum absolute atomic E-state index is 12.9. The van der Waals surface area contributed by atoms with Crippen LogP contribution in [0.25, 0.3) is 0 Å². The van der Waals surface area contributed by atoms with Gasteiger partial charge in [-0.15, -0.1) is 11.3 Å². The monoisotopic (exact) mass is 332 g/mol. The summed E-state index contributed by atoms with van der Waals surface area (Å²) in [5.74, 6) is -0.601. The van der Waals surface area contributed by atoms with Gasteiger partial charge in [0, 0.05) is 19.1 Å². The van der Waals surface area contributed by atoms with Crippen molar-refractivity contribution in [3.05, 3.63) is 15.8 Å². The predicted octanol–water partition coefficient (Wildman–Crippen LogP) is 1.22. The zero-order chi connectivity index (χ0) is 15.6. The summed E-state index contributed by atoms with van der Waals surface area (Å²) >= 11 is 1.11. The molecule has 0 saturated carbocycles. The molecule has 1 aliphatic rings. The normalized spacial score (nSPS) is 19.9. The second-order valence-corrected chi connectivity index (χ2v) is 7.75. The third-order valence-electron chi connectivity index (χ3n) is 3.62. The Hall–Kier alpha value is -0.960. The molecule has 0 spiro atoms. The molecule has 1 saturated heterocycles. The van der Waals surface area contributed by atoms with Crippen molar-refractivity contribution < 1.29 is 17.9 Å². The molecule has 1 fully saturated rings. The number of methoxy groups -OCH3 is 1. The maximum atomic E-state index is 12.9. The number of sulfonamides is 1. The van der Waals surface area contributed by atoms with Crippen LogP contribution in [0.2, 0.25) is 0 Å². The molecular weight excluding hydrogens is 312 g/mol. The molecule has 8 heteroatoms. The van der Waals surface area contributed by atoms with E-state index in [4.69, 9.17) is 4.74 Å². The molecule has 1 N–H and O–H groups in total. The number of ether oxygens (including phenoxy) is 1. The highest BCUT2D eigenvalue weighted by molar-refractivity contribution is 7.89. The molecule has 118 valence electrons. The number of hydrogen-bond donors (Lipinski definition) is 1. The van der Waals surface area contributed by atoms with E-state index in [-0.39, 0.29) is 15.8 Å². The molecule has 21 heavy (non-hydrogen) atoms. The largest absolute Gasteiger partial charge is 0.465 e. The smallest absolute Gasteiger partial charge is 0.349 e. The van der Waals surface area contributed by atoms with Crippen molar-refractivity contribution in [3.63, 3.8) is 0 Å². The first-order valence-corrected chi connectivity index (χ1v) is 9.08. The highest BCUT2D eigenvalue weighted by atomic mass is 32.2. The Kier molecular flexibility index (Phi) is 5.03. The van der Waals surface area contributed by atoms with Gasteiger partial charge in [-0.2, -0.15) is 4.31 Å². The van der Waals surface area contributed by atoms with Crippen LogP contribution in [0.15, 0.2) is 10.3 Å². The van der Waals surface area contributed by atoms with Gasteiger partial charge in [0.25, 0.3) is 0 Å². The van der Waals surface area contributed by atoms with Crippen LogP contribution in [-0.2, 0) is 14.8 Å². The number of hydrogen-bond acceptors (Lipinski definition) is 6. The van der Waals surface area contributed by atoms with Crippen LogP contribution in [0.4, 0.5) is 0 Å². The predicted molar refractivity (Wildman–Crippen MR) is 81.2 cm³/mol. The molecule has 2 heterocycles. The topological polar surface area (TPSA) is 75.7 Å². The van der Waals surface area contributed by atoms with Crippen LogP contribution < -0.4 is 5.32 Å². The van der Waals surface area contributed by atoms with Crippen LogP contribution >= 0.6 is 11.3 Å². The minimum absolute atomic E-state index is 0.0650. The van der Waals surface area contributed by atoms with E-state index in [1.807, 2.05) is 0 Å². The summed E-state index contributed by atoms with van der Waals surface area (Å²) in [5.41, 5.74) is 0.593. The van der Waals surface area contributed by atoms with Crippen LogP contribution in [0.1, 0.15) is 28.1 Å². The Morgan fingerprint density at radius 3 is 2.90 bits per heavy atom. The lowest BCUT2D eigenvalue weighted by atomic mass is 10.2. The van der Waals surface area contributed by atoms with E-state index in [1.165, 1.54) is 11.4 Å². The summed E-state index contributed by atoms with van der Waals surface area (Å²) in [6.07, 6.45) is 1.67. The Labute approximate surface area is 129 Å². The number of carbonyl (C=O) groups excluding carboxylic acids is 1. The molecule has 0 aromatic carbocycles. The first-order valence-electron chi connectivity index (χ1n) is 6.76. The lowest BCUT2D eigenvalue weighted by Gasteiger charge is -2.24. The fourth-order valence-electron chi connectivity index (χ4n) is 2.67. The van der Waals surface area contributed by atoms with Gasteiger partial charge in [0.1, 0.15) is 9.77 Å².